The molecule has 0 bridgehead atoms. The fraction of sp³-hybridized carbons (Fsp3) is 1.00. The summed E-state index contributed by atoms with van der Waals surface area (Å²) in [5.41, 5.74) is 6.12. The molecule has 2 unspecified atom stereocenters. The summed E-state index contributed by atoms with van der Waals surface area (Å²) in [4.78, 5) is 0. The molecule has 0 aliphatic heterocycles. The topological polar surface area (TPSA) is 60.2 Å². The van der Waals surface area contributed by atoms with Crippen molar-refractivity contribution in [2.24, 2.45) is 17.1 Å². The lowest BCUT2D eigenvalue weighted by Crippen LogP contribution is -2.53. The van der Waals surface area contributed by atoms with Gasteiger partial charge in [-0.25, -0.2) is 8.42 Å². The number of hydrogen-bond acceptors (Lipinski definition) is 3. The van der Waals surface area contributed by atoms with Crippen molar-refractivity contribution in [3.05, 3.63) is 0 Å². The Kier molecular flexibility index (Phi) is 4.64. The number of sulfone groups is 1. The van der Waals surface area contributed by atoms with E-state index in [-0.39, 0.29) is 16.7 Å². The average molecular weight is 261 g/mol. The van der Waals surface area contributed by atoms with Crippen molar-refractivity contribution < 1.29 is 8.42 Å². The van der Waals surface area contributed by atoms with Crippen molar-refractivity contribution in [1.82, 2.24) is 0 Å². The van der Waals surface area contributed by atoms with Gasteiger partial charge in [0.25, 0.3) is 0 Å². The molecule has 0 aromatic heterocycles. The van der Waals surface area contributed by atoms with Gasteiger partial charge in [0, 0.05) is 6.04 Å². The SMILES string of the molecule is CC(C)CCS(=O)(=O)C1CCCC(C)(C)C1N. The molecule has 3 nitrogen and oxygen atoms in total. The van der Waals surface area contributed by atoms with Crippen LogP contribution < -0.4 is 5.73 Å². The molecule has 0 heterocycles. The van der Waals surface area contributed by atoms with E-state index in [1.54, 1.807) is 0 Å². The van der Waals surface area contributed by atoms with E-state index in [2.05, 4.69) is 27.7 Å². The monoisotopic (exact) mass is 261 g/mol. The van der Waals surface area contributed by atoms with Gasteiger partial charge >= 0.3 is 0 Å². The molecular formula is C13H27NO2S. The molecule has 0 saturated heterocycles. The van der Waals surface area contributed by atoms with Crippen LogP contribution in [-0.2, 0) is 9.84 Å². The summed E-state index contributed by atoms with van der Waals surface area (Å²) >= 11 is 0. The van der Waals surface area contributed by atoms with Gasteiger partial charge in [-0.15, -0.1) is 0 Å². The second-order valence-electron chi connectivity index (χ2n) is 6.49. The van der Waals surface area contributed by atoms with Crippen LogP contribution in [0, 0.1) is 11.3 Å². The van der Waals surface area contributed by atoms with Crippen LogP contribution in [0.3, 0.4) is 0 Å². The third kappa shape index (κ3) is 3.68. The normalized spacial score (nSPS) is 29.5. The van der Waals surface area contributed by atoms with Crippen LogP contribution in [0.4, 0.5) is 0 Å². The number of rotatable bonds is 4. The van der Waals surface area contributed by atoms with E-state index in [9.17, 15) is 8.42 Å². The molecular weight excluding hydrogens is 234 g/mol. The zero-order chi connectivity index (χ0) is 13.3. The summed E-state index contributed by atoms with van der Waals surface area (Å²) in [6, 6.07) is -0.214. The van der Waals surface area contributed by atoms with E-state index < -0.39 is 9.84 Å². The van der Waals surface area contributed by atoms with Crippen molar-refractivity contribution in [3.63, 3.8) is 0 Å². The molecule has 2 atom stereocenters. The maximum Gasteiger partial charge on any atom is 0.154 e. The van der Waals surface area contributed by atoms with Crippen molar-refractivity contribution in [2.45, 2.75) is 64.7 Å². The molecule has 102 valence electrons. The zero-order valence-corrected chi connectivity index (χ0v) is 12.4. The summed E-state index contributed by atoms with van der Waals surface area (Å²) in [7, 11) is -3.02. The molecule has 2 N–H and O–H groups in total. The van der Waals surface area contributed by atoms with Crippen LogP contribution in [0.2, 0.25) is 0 Å². The Morgan fingerprint density at radius 1 is 1.35 bits per heavy atom. The second kappa shape index (κ2) is 5.27. The van der Waals surface area contributed by atoms with E-state index >= 15 is 0 Å². The zero-order valence-electron chi connectivity index (χ0n) is 11.6. The second-order valence-corrected chi connectivity index (χ2v) is 8.83. The minimum Gasteiger partial charge on any atom is -0.326 e. The van der Waals surface area contributed by atoms with Crippen molar-refractivity contribution in [3.8, 4) is 0 Å². The van der Waals surface area contributed by atoms with Crippen LogP contribution >= 0.6 is 0 Å². The van der Waals surface area contributed by atoms with Crippen molar-refractivity contribution in [1.29, 1.82) is 0 Å². The van der Waals surface area contributed by atoms with Gasteiger partial charge in [-0.3, -0.25) is 0 Å². The molecule has 0 radical (unpaired) electrons. The predicted molar refractivity (Wildman–Crippen MR) is 72.6 cm³/mol. The molecule has 0 amide bonds. The Morgan fingerprint density at radius 2 is 1.94 bits per heavy atom. The van der Waals surface area contributed by atoms with Gasteiger partial charge in [0.1, 0.15) is 0 Å². The molecule has 1 saturated carbocycles. The number of hydrogen-bond donors (Lipinski definition) is 1. The molecule has 1 rings (SSSR count). The Hall–Kier alpha value is -0.0900. The highest BCUT2D eigenvalue weighted by molar-refractivity contribution is 7.92. The summed E-state index contributed by atoms with van der Waals surface area (Å²) < 4.78 is 24.6. The van der Waals surface area contributed by atoms with Gasteiger partial charge in [-0.2, -0.15) is 0 Å². The summed E-state index contributed by atoms with van der Waals surface area (Å²) in [5, 5.41) is -0.329. The third-order valence-electron chi connectivity index (χ3n) is 4.05. The van der Waals surface area contributed by atoms with Gasteiger partial charge in [-0.05, 0) is 30.6 Å². The summed E-state index contributed by atoms with van der Waals surface area (Å²) in [6.45, 7) is 8.28. The largest absolute Gasteiger partial charge is 0.326 e. The van der Waals surface area contributed by atoms with E-state index in [1.807, 2.05) is 0 Å². The van der Waals surface area contributed by atoms with Crippen LogP contribution in [0.1, 0.15) is 53.4 Å². The van der Waals surface area contributed by atoms with E-state index in [0.29, 0.717) is 11.7 Å². The van der Waals surface area contributed by atoms with Gasteiger partial charge in [0.15, 0.2) is 9.84 Å². The first-order chi connectivity index (χ1) is 7.67. The minimum atomic E-state index is -3.02. The smallest absolute Gasteiger partial charge is 0.154 e. The van der Waals surface area contributed by atoms with Crippen molar-refractivity contribution in [2.75, 3.05) is 5.75 Å². The van der Waals surface area contributed by atoms with Gasteiger partial charge < -0.3 is 5.73 Å². The predicted octanol–water partition coefficient (Wildman–Crippen LogP) is 2.35. The van der Waals surface area contributed by atoms with Crippen LogP contribution in [0.25, 0.3) is 0 Å². The highest BCUT2D eigenvalue weighted by Crippen LogP contribution is 2.37. The van der Waals surface area contributed by atoms with Gasteiger partial charge in [0.2, 0.25) is 0 Å². The highest BCUT2D eigenvalue weighted by Gasteiger charge is 2.42. The molecule has 0 spiro atoms. The lowest BCUT2D eigenvalue weighted by molar-refractivity contribution is 0.204. The Bertz CT molecular complexity index is 346. The van der Waals surface area contributed by atoms with Crippen LogP contribution in [0.5, 0.6) is 0 Å². The molecule has 1 aliphatic rings. The highest BCUT2D eigenvalue weighted by atomic mass is 32.2. The lowest BCUT2D eigenvalue weighted by Gasteiger charge is -2.41. The summed E-state index contributed by atoms with van der Waals surface area (Å²) in [5.74, 6) is 0.719. The fourth-order valence-corrected chi connectivity index (χ4v) is 5.01. The maximum atomic E-state index is 12.3. The fourth-order valence-electron chi connectivity index (χ4n) is 2.56. The van der Waals surface area contributed by atoms with Gasteiger partial charge in [0.05, 0.1) is 11.0 Å². The Balaban J connectivity index is 2.77. The standard InChI is InChI=1S/C13H27NO2S/c1-10(2)7-9-17(15,16)11-6-5-8-13(3,4)12(11)14/h10-12H,5-9,14H2,1-4H3. The van der Waals surface area contributed by atoms with E-state index in [1.165, 1.54) is 0 Å². The first kappa shape index (κ1) is 15.0. The third-order valence-corrected chi connectivity index (χ3v) is 6.31. The lowest BCUT2D eigenvalue weighted by atomic mass is 9.73. The van der Waals surface area contributed by atoms with Crippen LogP contribution in [0.15, 0.2) is 0 Å². The van der Waals surface area contributed by atoms with Crippen LogP contribution in [-0.4, -0.2) is 25.5 Å². The molecule has 1 aliphatic carbocycles. The average Bonchev–Trinajstić information content (AvgIpc) is 2.19. The first-order valence-electron chi connectivity index (χ1n) is 6.64. The number of nitrogens with two attached hydrogens (primary N) is 1. The van der Waals surface area contributed by atoms with Gasteiger partial charge in [-0.1, -0.05) is 34.1 Å². The molecule has 1 fully saturated rings. The minimum absolute atomic E-state index is 0.0478. The molecule has 4 heteroatoms. The van der Waals surface area contributed by atoms with E-state index in [0.717, 1.165) is 25.7 Å². The van der Waals surface area contributed by atoms with E-state index in [4.69, 9.17) is 5.73 Å². The first-order valence-corrected chi connectivity index (χ1v) is 8.35. The Morgan fingerprint density at radius 3 is 2.47 bits per heavy atom. The Labute approximate surface area is 106 Å². The molecule has 0 aromatic carbocycles. The molecule has 0 aromatic rings. The quantitative estimate of drug-likeness (QED) is 0.845. The molecule has 17 heavy (non-hydrogen) atoms. The van der Waals surface area contributed by atoms with Crippen molar-refractivity contribution >= 4 is 9.84 Å². The summed E-state index contributed by atoms with van der Waals surface area (Å²) in [6.07, 6.45) is 3.49. The maximum absolute atomic E-state index is 12.3.